The average Bonchev–Trinajstić information content (AvgIpc) is 3.01. The molecule has 1 aliphatic carbocycles. The minimum Gasteiger partial charge on any atom is -0.311 e. The van der Waals surface area contributed by atoms with Gasteiger partial charge in [-0.3, -0.25) is 4.90 Å². The molecule has 116 valence electrons. The third-order valence-electron chi connectivity index (χ3n) is 5.23. The lowest BCUT2D eigenvalue weighted by Crippen LogP contribution is -2.44. The summed E-state index contributed by atoms with van der Waals surface area (Å²) in [5.41, 5.74) is 3.08. The molecule has 2 heteroatoms. The van der Waals surface area contributed by atoms with Crippen LogP contribution < -0.4 is 5.32 Å². The first kappa shape index (κ1) is 15.1. The van der Waals surface area contributed by atoms with E-state index in [-0.39, 0.29) is 0 Å². The molecule has 0 amide bonds. The van der Waals surface area contributed by atoms with Crippen LogP contribution in [0, 0.1) is 5.92 Å². The van der Waals surface area contributed by atoms with Gasteiger partial charge in [0, 0.05) is 25.2 Å². The van der Waals surface area contributed by atoms with Gasteiger partial charge in [0.15, 0.2) is 0 Å². The van der Waals surface area contributed by atoms with E-state index >= 15 is 0 Å². The highest BCUT2D eigenvalue weighted by Crippen LogP contribution is 2.34. The molecule has 0 bridgehead atoms. The smallest absolute Gasteiger partial charge is 0.0478 e. The van der Waals surface area contributed by atoms with E-state index in [1.54, 1.807) is 5.56 Å². The van der Waals surface area contributed by atoms with Crippen molar-refractivity contribution in [3.63, 3.8) is 0 Å². The van der Waals surface area contributed by atoms with Gasteiger partial charge in [-0.25, -0.2) is 0 Å². The van der Waals surface area contributed by atoms with Crippen LogP contribution in [-0.2, 0) is 6.54 Å². The number of nitrogens with one attached hydrogen (secondary N) is 1. The SMILES string of the molecule is CC(C)CCN(C1CCCC1)C1CNCc2ccccc21. The molecule has 1 aromatic carbocycles. The van der Waals surface area contributed by atoms with Crippen LogP contribution >= 0.6 is 0 Å². The zero-order valence-corrected chi connectivity index (χ0v) is 13.6. The summed E-state index contributed by atoms with van der Waals surface area (Å²) in [6, 6.07) is 10.4. The van der Waals surface area contributed by atoms with E-state index in [0.717, 1.165) is 25.0 Å². The predicted octanol–water partition coefficient (Wildman–Crippen LogP) is 4.12. The van der Waals surface area contributed by atoms with Crippen molar-refractivity contribution in [1.29, 1.82) is 0 Å². The molecule has 21 heavy (non-hydrogen) atoms. The highest BCUT2D eigenvalue weighted by atomic mass is 15.2. The van der Waals surface area contributed by atoms with E-state index in [9.17, 15) is 0 Å². The summed E-state index contributed by atoms with van der Waals surface area (Å²) >= 11 is 0. The number of nitrogens with zero attached hydrogens (tertiary/aromatic N) is 1. The van der Waals surface area contributed by atoms with E-state index in [0.29, 0.717) is 6.04 Å². The van der Waals surface area contributed by atoms with E-state index < -0.39 is 0 Å². The molecule has 1 atom stereocenters. The van der Waals surface area contributed by atoms with Crippen LogP contribution in [-0.4, -0.2) is 24.0 Å². The standard InChI is InChI=1S/C19H30N2/c1-15(2)11-12-21(17-8-4-5-9-17)19-14-20-13-16-7-3-6-10-18(16)19/h3,6-7,10,15,17,19-20H,4-5,8-9,11-14H2,1-2H3. The quantitative estimate of drug-likeness (QED) is 0.876. The summed E-state index contributed by atoms with van der Waals surface area (Å²) in [7, 11) is 0. The van der Waals surface area contributed by atoms with Gasteiger partial charge < -0.3 is 5.32 Å². The summed E-state index contributed by atoms with van der Waals surface area (Å²) in [6.45, 7) is 8.10. The van der Waals surface area contributed by atoms with E-state index in [4.69, 9.17) is 0 Å². The molecular weight excluding hydrogens is 256 g/mol. The first-order valence-corrected chi connectivity index (χ1v) is 8.80. The van der Waals surface area contributed by atoms with Crippen LogP contribution in [0.3, 0.4) is 0 Å². The maximum Gasteiger partial charge on any atom is 0.0478 e. The van der Waals surface area contributed by atoms with Crippen LogP contribution in [0.1, 0.15) is 63.1 Å². The van der Waals surface area contributed by atoms with E-state index in [1.165, 1.54) is 44.2 Å². The maximum atomic E-state index is 3.64. The molecule has 0 radical (unpaired) electrons. The Bertz CT molecular complexity index is 449. The third kappa shape index (κ3) is 3.49. The maximum absolute atomic E-state index is 3.64. The van der Waals surface area contributed by atoms with Crippen molar-refractivity contribution in [3.05, 3.63) is 35.4 Å². The molecular formula is C19H30N2. The van der Waals surface area contributed by atoms with Gasteiger partial charge in [0.25, 0.3) is 0 Å². The van der Waals surface area contributed by atoms with Gasteiger partial charge in [-0.15, -0.1) is 0 Å². The van der Waals surface area contributed by atoms with Crippen molar-refractivity contribution < 1.29 is 0 Å². The number of hydrogen-bond acceptors (Lipinski definition) is 2. The summed E-state index contributed by atoms with van der Waals surface area (Å²) in [4.78, 5) is 2.83. The molecule has 1 heterocycles. The molecule has 1 unspecified atom stereocenters. The Kier molecular flexibility index (Phi) is 4.97. The Balaban J connectivity index is 1.82. The Morgan fingerprint density at radius 1 is 1.19 bits per heavy atom. The van der Waals surface area contributed by atoms with Crippen molar-refractivity contribution in [1.82, 2.24) is 10.2 Å². The summed E-state index contributed by atoms with van der Waals surface area (Å²) in [5, 5.41) is 3.64. The van der Waals surface area contributed by atoms with Gasteiger partial charge in [0.05, 0.1) is 0 Å². The third-order valence-corrected chi connectivity index (χ3v) is 5.23. The highest BCUT2D eigenvalue weighted by molar-refractivity contribution is 5.32. The van der Waals surface area contributed by atoms with Crippen LogP contribution in [0.4, 0.5) is 0 Å². The van der Waals surface area contributed by atoms with Gasteiger partial charge in [-0.1, -0.05) is 51.0 Å². The zero-order valence-electron chi connectivity index (χ0n) is 13.6. The number of fused-ring (bicyclic) bond motifs is 1. The Morgan fingerprint density at radius 3 is 2.71 bits per heavy atom. The number of rotatable bonds is 5. The van der Waals surface area contributed by atoms with Crippen molar-refractivity contribution in [2.75, 3.05) is 13.1 Å². The lowest BCUT2D eigenvalue weighted by Gasteiger charge is -2.40. The fraction of sp³-hybridized carbons (Fsp3) is 0.684. The van der Waals surface area contributed by atoms with E-state index in [2.05, 4.69) is 48.3 Å². The van der Waals surface area contributed by atoms with Gasteiger partial charge in [-0.2, -0.15) is 0 Å². The molecule has 2 nitrogen and oxygen atoms in total. The fourth-order valence-corrected chi connectivity index (χ4v) is 4.01. The summed E-state index contributed by atoms with van der Waals surface area (Å²) < 4.78 is 0. The molecule has 1 saturated carbocycles. The molecule has 1 N–H and O–H groups in total. The monoisotopic (exact) mass is 286 g/mol. The van der Waals surface area contributed by atoms with Gasteiger partial charge in [-0.05, 0) is 42.9 Å². The molecule has 0 saturated heterocycles. The summed E-state index contributed by atoms with van der Waals surface area (Å²) in [6.07, 6.45) is 6.96. The average molecular weight is 286 g/mol. The van der Waals surface area contributed by atoms with Crippen LogP contribution in [0.5, 0.6) is 0 Å². The largest absolute Gasteiger partial charge is 0.311 e. The van der Waals surface area contributed by atoms with Crippen molar-refractivity contribution in [3.8, 4) is 0 Å². The van der Waals surface area contributed by atoms with E-state index in [1.807, 2.05) is 0 Å². The predicted molar refractivity (Wildman–Crippen MR) is 89.3 cm³/mol. The zero-order chi connectivity index (χ0) is 14.7. The van der Waals surface area contributed by atoms with Crippen molar-refractivity contribution in [2.24, 2.45) is 5.92 Å². The number of hydrogen-bond donors (Lipinski definition) is 1. The normalized spacial score (nSPS) is 23.0. The lowest BCUT2D eigenvalue weighted by atomic mass is 9.93. The topological polar surface area (TPSA) is 15.3 Å². The molecule has 3 rings (SSSR count). The van der Waals surface area contributed by atoms with Gasteiger partial charge in [0.2, 0.25) is 0 Å². The molecule has 1 aliphatic heterocycles. The van der Waals surface area contributed by atoms with Gasteiger partial charge in [0.1, 0.15) is 0 Å². The second kappa shape index (κ2) is 6.93. The van der Waals surface area contributed by atoms with Crippen LogP contribution in [0.2, 0.25) is 0 Å². The fourth-order valence-electron chi connectivity index (χ4n) is 4.01. The Morgan fingerprint density at radius 2 is 1.95 bits per heavy atom. The van der Waals surface area contributed by atoms with Crippen LogP contribution in [0.15, 0.2) is 24.3 Å². The summed E-state index contributed by atoms with van der Waals surface area (Å²) in [5.74, 6) is 0.792. The Hall–Kier alpha value is -0.860. The second-order valence-electron chi connectivity index (χ2n) is 7.20. The van der Waals surface area contributed by atoms with Crippen molar-refractivity contribution >= 4 is 0 Å². The van der Waals surface area contributed by atoms with Crippen molar-refractivity contribution in [2.45, 2.75) is 64.6 Å². The number of benzene rings is 1. The first-order chi connectivity index (χ1) is 10.3. The Labute approximate surface area is 129 Å². The molecule has 0 spiro atoms. The minimum atomic E-state index is 0.580. The van der Waals surface area contributed by atoms with Gasteiger partial charge >= 0.3 is 0 Å². The molecule has 1 aromatic rings. The minimum absolute atomic E-state index is 0.580. The van der Waals surface area contributed by atoms with Crippen LogP contribution in [0.25, 0.3) is 0 Å². The molecule has 0 aromatic heterocycles. The first-order valence-electron chi connectivity index (χ1n) is 8.80. The second-order valence-corrected chi connectivity index (χ2v) is 7.20. The highest BCUT2D eigenvalue weighted by Gasteiger charge is 2.31. The molecule has 1 fully saturated rings. The lowest BCUT2D eigenvalue weighted by molar-refractivity contribution is 0.120. The molecule has 2 aliphatic rings.